The Morgan fingerprint density at radius 3 is 1.89 bits per heavy atom. The van der Waals surface area contributed by atoms with Crippen LogP contribution in [0.5, 0.6) is 0 Å². The number of benzene rings is 2. The van der Waals surface area contributed by atoms with Gasteiger partial charge in [0.15, 0.2) is 0 Å². The number of urea groups is 1. The van der Waals surface area contributed by atoms with Crippen LogP contribution in [-0.4, -0.2) is 6.03 Å². The van der Waals surface area contributed by atoms with Crippen LogP contribution in [0.25, 0.3) is 0 Å². The van der Waals surface area contributed by atoms with Crippen molar-refractivity contribution >= 4 is 23.1 Å². The zero-order valence-corrected chi connectivity index (χ0v) is 10.8. The van der Waals surface area contributed by atoms with E-state index in [9.17, 15) is 4.79 Å². The molecule has 0 bridgehead atoms. The van der Waals surface area contributed by atoms with Crippen LogP contribution in [0, 0.1) is 0 Å². The highest BCUT2D eigenvalue weighted by atomic mass is 16.2. The number of nitrogens with one attached hydrogen (secondary N) is 2. The normalized spacial score (nSPS) is 9.95. The van der Waals surface area contributed by atoms with Crippen LogP contribution in [0.2, 0.25) is 0 Å². The van der Waals surface area contributed by atoms with E-state index in [0.29, 0.717) is 11.4 Å². The second-order valence-corrected chi connectivity index (χ2v) is 4.25. The van der Waals surface area contributed by atoms with E-state index >= 15 is 0 Å². The Hall–Kier alpha value is -2.49. The van der Waals surface area contributed by atoms with Crippen molar-refractivity contribution in [2.45, 2.75) is 13.3 Å². The lowest BCUT2D eigenvalue weighted by molar-refractivity contribution is 0.262. The first-order valence-corrected chi connectivity index (χ1v) is 6.20. The number of carbonyl (C=O) groups is 1. The average Bonchev–Trinajstić information content (AvgIpc) is 2.42. The molecule has 4 N–H and O–H groups in total. The number of carbonyl (C=O) groups excluding carboxylic acids is 1. The minimum atomic E-state index is -0.269. The molecule has 0 aliphatic carbocycles. The largest absolute Gasteiger partial charge is 0.399 e. The molecule has 0 spiro atoms. The Morgan fingerprint density at radius 2 is 1.42 bits per heavy atom. The number of nitrogen functional groups attached to an aromatic ring is 1. The van der Waals surface area contributed by atoms with Gasteiger partial charge < -0.3 is 16.4 Å². The molecule has 0 heterocycles. The van der Waals surface area contributed by atoms with E-state index in [1.54, 1.807) is 24.3 Å². The zero-order valence-electron chi connectivity index (χ0n) is 10.8. The van der Waals surface area contributed by atoms with Gasteiger partial charge in [0.2, 0.25) is 0 Å². The summed E-state index contributed by atoms with van der Waals surface area (Å²) < 4.78 is 0. The molecule has 0 aliphatic heterocycles. The number of nitrogens with two attached hydrogens (primary N) is 1. The molecule has 0 unspecified atom stereocenters. The third kappa shape index (κ3) is 3.74. The molecule has 0 fully saturated rings. The molecule has 0 aromatic heterocycles. The molecule has 4 heteroatoms. The van der Waals surface area contributed by atoms with Crippen molar-refractivity contribution in [1.29, 1.82) is 0 Å². The first-order valence-electron chi connectivity index (χ1n) is 6.20. The van der Waals surface area contributed by atoms with Crippen LogP contribution in [0.3, 0.4) is 0 Å². The van der Waals surface area contributed by atoms with Crippen LogP contribution >= 0.6 is 0 Å². The highest BCUT2D eigenvalue weighted by Gasteiger charge is 2.02. The Kier molecular flexibility index (Phi) is 4.03. The Morgan fingerprint density at radius 1 is 0.947 bits per heavy atom. The first-order chi connectivity index (χ1) is 9.17. The fourth-order valence-corrected chi connectivity index (χ4v) is 1.68. The van der Waals surface area contributed by atoms with Crippen LogP contribution in [0.1, 0.15) is 12.5 Å². The summed E-state index contributed by atoms with van der Waals surface area (Å²) in [5, 5.41) is 5.52. The molecular weight excluding hydrogens is 238 g/mol. The minimum Gasteiger partial charge on any atom is -0.399 e. The summed E-state index contributed by atoms with van der Waals surface area (Å²) in [5.74, 6) is 0. The fourth-order valence-electron chi connectivity index (χ4n) is 1.68. The molecule has 2 amide bonds. The van der Waals surface area contributed by atoms with Gasteiger partial charge in [-0.2, -0.15) is 0 Å². The van der Waals surface area contributed by atoms with Crippen LogP contribution in [0.4, 0.5) is 21.9 Å². The van der Waals surface area contributed by atoms with Gasteiger partial charge in [0.25, 0.3) is 0 Å². The second-order valence-electron chi connectivity index (χ2n) is 4.25. The van der Waals surface area contributed by atoms with Gasteiger partial charge in [-0.3, -0.25) is 0 Å². The van der Waals surface area contributed by atoms with Gasteiger partial charge in [0, 0.05) is 17.1 Å². The number of hydrogen-bond acceptors (Lipinski definition) is 2. The molecule has 2 aromatic carbocycles. The monoisotopic (exact) mass is 255 g/mol. The van der Waals surface area contributed by atoms with E-state index in [4.69, 9.17) is 5.73 Å². The predicted octanol–water partition coefficient (Wildman–Crippen LogP) is 3.48. The lowest BCUT2D eigenvalue weighted by Crippen LogP contribution is -2.19. The summed E-state index contributed by atoms with van der Waals surface area (Å²) in [6.07, 6.45) is 0.984. The van der Waals surface area contributed by atoms with Gasteiger partial charge in [-0.05, 0) is 48.4 Å². The van der Waals surface area contributed by atoms with Gasteiger partial charge >= 0.3 is 6.03 Å². The molecule has 2 rings (SSSR count). The van der Waals surface area contributed by atoms with Crippen molar-refractivity contribution in [1.82, 2.24) is 0 Å². The maximum absolute atomic E-state index is 11.8. The van der Waals surface area contributed by atoms with Crippen molar-refractivity contribution in [3.05, 3.63) is 54.1 Å². The number of anilines is 3. The van der Waals surface area contributed by atoms with E-state index in [1.165, 1.54) is 5.56 Å². The molecule has 0 saturated heterocycles. The summed E-state index contributed by atoms with van der Waals surface area (Å²) in [7, 11) is 0. The number of rotatable bonds is 3. The van der Waals surface area contributed by atoms with E-state index in [2.05, 4.69) is 17.6 Å². The lowest BCUT2D eigenvalue weighted by atomic mass is 10.1. The smallest absolute Gasteiger partial charge is 0.323 e. The van der Waals surface area contributed by atoms with Crippen LogP contribution < -0.4 is 16.4 Å². The summed E-state index contributed by atoms with van der Waals surface area (Å²) >= 11 is 0. The van der Waals surface area contributed by atoms with Gasteiger partial charge in [-0.25, -0.2) is 4.79 Å². The van der Waals surface area contributed by atoms with E-state index in [0.717, 1.165) is 12.1 Å². The van der Waals surface area contributed by atoms with Gasteiger partial charge in [-0.15, -0.1) is 0 Å². The van der Waals surface area contributed by atoms with E-state index in [-0.39, 0.29) is 6.03 Å². The molecule has 0 aliphatic rings. The van der Waals surface area contributed by atoms with E-state index in [1.807, 2.05) is 24.3 Å². The maximum atomic E-state index is 11.8. The van der Waals surface area contributed by atoms with E-state index < -0.39 is 0 Å². The number of aryl methyl sites for hydroxylation is 1. The number of hydrogen-bond donors (Lipinski definition) is 3. The topological polar surface area (TPSA) is 67.2 Å². The fraction of sp³-hybridized carbons (Fsp3) is 0.133. The maximum Gasteiger partial charge on any atom is 0.323 e. The second kappa shape index (κ2) is 5.91. The Balaban J connectivity index is 1.95. The first kappa shape index (κ1) is 13.0. The predicted molar refractivity (Wildman–Crippen MR) is 79.3 cm³/mol. The molecule has 0 saturated carbocycles. The van der Waals surface area contributed by atoms with Crippen molar-refractivity contribution < 1.29 is 4.79 Å². The SMILES string of the molecule is CCc1ccc(NC(=O)Nc2ccc(N)cc2)cc1. The third-order valence-electron chi connectivity index (χ3n) is 2.79. The van der Waals surface area contributed by atoms with Gasteiger partial charge in [0.1, 0.15) is 0 Å². The molecule has 0 radical (unpaired) electrons. The van der Waals surface area contributed by atoms with Crippen LogP contribution in [-0.2, 0) is 6.42 Å². The van der Waals surface area contributed by atoms with Gasteiger partial charge in [0.05, 0.1) is 0 Å². The minimum absolute atomic E-state index is 0.269. The van der Waals surface area contributed by atoms with Crippen LogP contribution in [0.15, 0.2) is 48.5 Å². The quantitative estimate of drug-likeness (QED) is 0.735. The van der Waals surface area contributed by atoms with Gasteiger partial charge in [-0.1, -0.05) is 19.1 Å². The Labute approximate surface area is 112 Å². The standard InChI is InChI=1S/C15H17N3O/c1-2-11-3-7-13(8-4-11)17-15(19)18-14-9-5-12(16)6-10-14/h3-10H,2,16H2,1H3,(H2,17,18,19). The molecule has 19 heavy (non-hydrogen) atoms. The molecule has 4 nitrogen and oxygen atoms in total. The Bertz CT molecular complexity index is 547. The van der Waals surface area contributed by atoms with Crippen molar-refractivity contribution in [3.63, 3.8) is 0 Å². The summed E-state index contributed by atoms with van der Waals surface area (Å²) in [4.78, 5) is 11.8. The highest BCUT2D eigenvalue weighted by molar-refractivity contribution is 5.99. The lowest BCUT2D eigenvalue weighted by Gasteiger charge is -2.08. The zero-order chi connectivity index (χ0) is 13.7. The summed E-state index contributed by atoms with van der Waals surface area (Å²) in [6, 6.07) is 14.5. The molecular formula is C15H17N3O. The summed E-state index contributed by atoms with van der Waals surface area (Å²) in [5.41, 5.74) is 8.96. The van der Waals surface area contributed by atoms with Crippen molar-refractivity contribution in [2.24, 2.45) is 0 Å². The summed E-state index contributed by atoms with van der Waals surface area (Å²) in [6.45, 7) is 2.09. The highest BCUT2D eigenvalue weighted by Crippen LogP contribution is 2.13. The van der Waals surface area contributed by atoms with Crippen molar-refractivity contribution in [3.8, 4) is 0 Å². The molecule has 0 atom stereocenters. The molecule has 2 aromatic rings. The average molecular weight is 255 g/mol. The number of amides is 2. The molecule has 98 valence electrons. The van der Waals surface area contributed by atoms with Crippen molar-refractivity contribution in [2.75, 3.05) is 16.4 Å². The third-order valence-corrected chi connectivity index (χ3v) is 2.79.